The van der Waals surface area contributed by atoms with E-state index in [0.717, 1.165) is 54.6 Å². The molecule has 2 heterocycles. The van der Waals surface area contributed by atoms with Crippen molar-refractivity contribution >= 4 is 5.91 Å². The van der Waals surface area contributed by atoms with Crippen LogP contribution >= 0.6 is 0 Å². The highest BCUT2D eigenvalue weighted by molar-refractivity contribution is 5.91. The molecule has 2 aliphatic rings. The van der Waals surface area contributed by atoms with Gasteiger partial charge in [0.1, 0.15) is 0 Å². The van der Waals surface area contributed by atoms with E-state index in [1.54, 1.807) is 0 Å². The average Bonchev–Trinajstić information content (AvgIpc) is 2.87. The highest BCUT2D eigenvalue weighted by Gasteiger charge is 2.31. The summed E-state index contributed by atoms with van der Waals surface area (Å²) >= 11 is 0. The van der Waals surface area contributed by atoms with E-state index in [-0.39, 0.29) is 18.4 Å². The number of terminal acetylenes is 1. The predicted octanol–water partition coefficient (Wildman–Crippen LogP) is 4.10. The molecule has 4 rings (SSSR count). The first-order chi connectivity index (χ1) is 15.7. The fourth-order valence-corrected chi connectivity index (χ4v) is 4.15. The molecular formula is C27H29NO4. The number of amides is 1. The van der Waals surface area contributed by atoms with Gasteiger partial charge >= 0.3 is 0 Å². The first kappa shape index (κ1) is 22.1. The van der Waals surface area contributed by atoms with Gasteiger partial charge in [-0.1, -0.05) is 42.3 Å². The van der Waals surface area contributed by atoms with E-state index in [1.165, 1.54) is 0 Å². The van der Waals surface area contributed by atoms with Crippen LogP contribution in [0.25, 0.3) is 0 Å². The number of rotatable bonds is 6. The van der Waals surface area contributed by atoms with Gasteiger partial charge in [-0.3, -0.25) is 4.79 Å². The molecule has 2 atom stereocenters. The zero-order chi connectivity index (χ0) is 22.3. The van der Waals surface area contributed by atoms with Gasteiger partial charge in [-0.2, -0.15) is 0 Å². The van der Waals surface area contributed by atoms with Crippen LogP contribution < -0.4 is 0 Å². The number of ether oxygens (including phenoxy) is 2. The molecule has 0 saturated carbocycles. The molecule has 1 amide bonds. The number of hydrogen-bond donors (Lipinski definition) is 1. The van der Waals surface area contributed by atoms with Crippen LogP contribution in [0.2, 0.25) is 0 Å². The summed E-state index contributed by atoms with van der Waals surface area (Å²) in [5.74, 6) is 2.95. The summed E-state index contributed by atoms with van der Waals surface area (Å²) < 4.78 is 12.1. The van der Waals surface area contributed by atoms with Gasteiger partial charge < -0.3 is 19.5 Å². The number of benzene rings is 2. The van der Waals surface area contributed by atoms with E-state index in [1.807, 2.05) is 59.5 Å². The lowest BCUT2D eigenvalue weighted by atomic mass is 9.92. The molecule has 2 aromatic carbocycles. The highest BCUT2D eigenvalue weighted by Crippen LogP contribution is 2.33. The molecule has 166 valence electrons. The van der Waals surface area contributed by atoms with Crippen molar-refractivity contribution in [2.75, 3.05) is 13.1 Å². The fraction of sp³-hybridized carbons (Fsp3) is 0.370. The van der Waals surface area contributed by atoms with Crippen LogP contribution in [-0.2, 0) is 27.5 Å². The Labute approximate surface area is 189 Å². The topological polar surface area (TPSA) is 59.0 Å². The Balaban J connectivity index is 1.51. The number of allylic oxidation sites excluding steroid dienone is 1. The summed E-state index contributed by atoms with van der Waals surface area (Å²) in [4.78, 5) is 15.0. The molecule has 1 fully saturated rings. The molecule has 0 bridgehead atoms. The Morgan fingerprint density at radius 3 is 2.41 bits per heavy atom. The summed E-state index contributed by atoms with van der Waals surface area (Å²) in [6, 6.07) is 15.5. The molecule has 5 nitrogen and oxygen atoms in total. The summed E-state index contributed by atoms with van der Waals surface area (Å²) in [7, 11) is 0. The molecule has 0 aliphatic carbocycles. The summed E-state index contributed by atoms with van der Waals surface area (Å²) in [6.07, 6.45) is 10.7. The lowest BCUT2D eigenvalue weighted by Crippen LogP contribution is -2.39. The largest absolute Gasteiger partial charge is 0.459 e. The Bertz CT molecular complexity index is 982. The van der Waals surface area contributed by atoms with Gasteiger partial charge in [0, 0.05) is 31.0 Å². The average molecular weight is 432 g/mol. The van der Waals surface area contributed by atoms with Crippen molar-refractivity contribution in [2.24, 2.45) is 0 Å². The second-order valence-corrected chi connectivity index (χ2v) is 8.33. The number of carbonyl (C=O) groups is 1. The highest BCUT2D eigenvalue weighted by atomic mass is 16.7. The van der Waals surface area contributed by atoms with Crippen LogP contribution in [-0.4, -0.2) is 35.3 Å². The van der Waals surface area contributed by atoms with E-state index in [9.17, 15) is 9.90 Å². The van der Waals surface area contributed by atoms with Crippen LogP contribution in [0.3, 0.4) is 0 Å². The Kier molecular flexibility index (Phi) is 7.26. The second-order valence-electron chi connectivity index (χ2n) is 8.33. The molecule has 32 heavy (non-hydrogen) atoms. The van der Waals surface area contributed by atoms with Crippen molar-refractivity contribution in [3.63, 3.8) is 0 Å². The Hall–Kier alpha value is -3.07. The Morgan fingerprint density at radius 2 is 1.75 bits per heavy atom. The third kappa shape index (κ3) is 5.40. The fourth-order valence-electron chi connectivity index (χ4n) is 4.15. The predicted molar refractivity (Wildman–Crippen MR) is 122 cm³/mol. The van der Waals surface area contributed by atoms with Crippen LogP contribution in [0.5, 0.6) is 0 Å². The summed E-state index contributed by atoms with van der Waals surface area (Å²) in [5, 5.41) is 9.22. The molecule has 2 aliphatic heterocycles. The third-order valence-electron chi connectivity index (χ3n) is 6.06. The molecule has 0 radical (unpaired) electrons. The van der Waals surface area contributed by atoms with Gasteiger partial charge in [0.25, 0.3) is 5.91 Å². The maximum Gasteiger partial charge on any atom is 0.288 e. The maximum absolute atomic E-state index is 13.1. The number of aliphatic hydroxyl groups is 1. The van der Waals surface area contributed by atoms with Gasteiger partial charge in [-0.05, 0) is 54.2 Å². The standard InChI is InChI=1S/C27H29NO4/c1-2-20-10-12-23(13-11-20)24-16-25(27(30)28-14-4-3-5-15-28)32-26(17-24)31-19-22-8-6-21(18-29)7-9-22/h1,6-13,16,24,26,29H,3-5,14-15,17-19H2/t24-,26+/m0/s1. The smallest absolute Gasteiger partial charge is 0.288 e. The monoisotopic (exact) mass is 431 g/mol. The number of nitrogens with zero attached hydrogens (tertiary/aromatic N) is 1. The maximum atomic E-state index is 13.1. The minimum atomic E-state index is -0.529. The van der Waals surface area contributed by atoms with Crippen molar-refractivity contribution in [3.05, 3.63) is 82.6 Å². The SMILES string of the molecule is C#Cc1ccc([C@H]2C=C(C(=O)N3CCCCC3)O[C@@H](OCc3ccc(CO)cc3)C2)cc1. The molecule has 1 saturated heterocycles. The van der Waals surface area contributed by atoms with E-state index in [2.05, 4.69) is 5.92 Å². The summed E-state index contributed by atoms with van der Waals surface area (Å²) in [5.41, 5.74) is 3.75. The third-order valence-corrected chi connectivity index (χ3v) is 6.06. The van der Waals surface area contributed by atoms with Crippen molar-refractivity contribution in [1.29, 1.82) is 0 Å². The van der Waals surface area contributed by atoms with Gasteiger partial charge in [0.05, 0.1) is 13.2 Å². The number of aliphatic hydroxyl groups excluding tert-OH is 1. The molecule has 5 heteroatoms. The summed E-state index contributed by atoms with van der Waals surface area (Å²) in [6.45, 7) is 1.91. The van der Waals surface area contributed by atoms with Crippen LogP contribution in [0.15, 0.2) is 60.4 Å². The van der Waals surface area contributed by atoms with Crippen LogP contribution in [0, 0.1) is 12.3 Å². The number of likely N-dealkylation sites (tertiary alicyclic amines) is 1. The number of hydrogen-bond acceptors (Lipinski definition) is 4. The molecular weight excluding hydrogens is 402 g/mol. The van der Waals surface area contributed by atoms with E-state index >= 15 is 0 Å². The zero-order valence-electron chi connectivity index (χ0n) is 18.2. The van der Waals surface area contributed by atoms with Crippen molar-refractivity contribution in [1.82, 2.24) is 4.90 Å². The van der Waals surface area contributed by atoms with Crippen LogP contribution in [0.4, 0.5) is 0 Å². The first-order valence-electron chi connectivity index (χ1n) is 11.2. The second kappa shape index (κ2) is 10.5. The van der Waals surface area contributed by atoms with Crippen molar-refractivity contribution < 1.29 is 19.4 Å². The number of carbonyl (C=O) groups excluding carboxylic acids is 1. The zero-order valence-corrected chi connectivity index (χ0v) is 18.2. The Morgan fingerprint density at radius 1 is 1.06 bits per heavy atom. The lowest BCUT2D eigenvalue weighted by molar-refractivity contribution is -0.156. The molecule has 0 aromatic heterocycles. The molecule has 0 unspecified atom stereocenters. The van der Waals surface area contributed by atoms with Crippen molar-refractivity contribution in [2.45, 2.75) is 51.1 Å². The first-order valence-corrected chi connectivity index (χ1v) is 11.2. The molecule has 1 N–H and O–H groups in total. The van der Waals surface area contributed by atoms with E-state index in [0.29, 0.717) is 18.8 Å². The molecule has 0 spiro atoms. The number of piperidine rings is 1. The normalized spacial score (nSPS) is 20.8. The van der Waals surface area contributed by atoms with E-state index in [4.69, 9.17) is 15.9 Å². The van der Waals surface area contributed by atoms with E-state index < -0.39 is 6.29 Å². The van der Waals surface area contributed by atoms with Gasteiger partial charge in [0.15, 0.2) is 5.76 Å². The van der Waals surface area contributed by atoms with Gasteiger partial charge in [-0.25, -0.2) is 0 Å². The van der Waals surface area contributed by atoms with Gasteiger partial charge in [0.2, 0.25) is 6.29 Å². The van der Waals surface area contributed by atoms with Crippen LogP contribution in [0.1, 0.15) is 53.9 Å². The lowest BCUT2D eigenvalue weighted by Gasteiger charge is -2.33. The minimum absolute atomic E-state index is 0.001000. The molecule has 2 aromatic rings. The van der Waals surface area contributed by atoms with Gasteiger partial charge in [-0.15, -0.1) is 6.42 Å². The minimum Gasteiger partial charge on any atom is -0.459 e. The quantitative estimate of drug-likeness (QED) is 0.700. The van der Waals surface area contributed by atoms with Crippen molar-refractivity contribution in [3.8, 4) is 12.3 Å².